The zero-order valence-corrected chi connectivity index (χ0v) is 10.9. The van der Waals surface area contributed by atoms with Gasteiger partial charge in [0, 0.05) is 12.1 Å². The third-order valence-electron chi connectivity index (χ3n) is 2.87. The van der Waals surface area contributed by atoms with Gasteiger partial charge >= 0.3 is 0 Å². The fourth-order valence-corrected chi connectivity index (χ4v) is 2.04. The average Bonchev–Trinajstić information content (AvgIpc) is 2.37. The largest absolute Gasteiger partial charge is 0.494 e. The molecule has 0 atom stereocenters. The third-order valence-corrected chi connectivity index (χ3v) is 2.87. The fraction of sp³-hybridized carbons (Fsp3) is 0.571. The molecule has 0 radical (unpaired) electrons. The number of carbonyl (C=O) groups is 1. The van der Waals surface area contributed by atoms with Gasteiger partial charge in [-0.05, 0) is 25.0 Å². The van der Waals surface area contributed by atoms with E-state index in [-0.39, 0.29) is 11.7 Å². The SMILES string of the molecule is CCCC(CCC)C(=O)c1ncccc1OC. The van der Waals surface area contributed by atoms with Crippen LogP contribution in [0, 0.1) is 5.92 Å². The van der Waals surface area contributed by atoms with Crippen molar-refractivity contribution >= 4 is 5.78 Å². The first-order valence-corrected chi connectivity index (χ1v) is 6.27. The van der Waals surface area contributed by atoms with Crippen molar-refractivity contribution in [1.82, 2.24) is 4.98 Å². The minimum absolute atomic E-state index is 0.0776. The Balaban J connectivity index is 2.92. The molecule has 3 heteroatoms. The highest BCUT2D eigenvalue weighted by Gasteiger charge is 2.22. The standard InChI is InChI=1S/C14H21NO2/c1-4-7-11(8-5-2)14(16)13-12(17-3)9-6-10-15-13/h6,9-11H,4-5,7-8H2,1-3H3. The maximum atomic E-state index is 12.4. The molecule has 0 aliphatic carbocycles. The molecule has 0 N–H and O–H groups in total. The maximum Gasteiger partial charge on any atom is 0.188 e. The summed E-state index contributed by atoms with van der Waals surface area (Å²) in [4.78, 5) is 16.5. The molecule has 0 aliphatic rings. The summed E-state index contributed by atoms with van der Waals surface area (Å²) in [6.45, 7) is 4.21. The Morgan fingerprint density at radius 1 is 1.35 bits per heavy atom. The van der Waals surface area contributed by atoms with Gasteiger partial charge in [-0.25, -0.2) is 4.98 Å². The monoisotopic (exact) mass is 235 g/mol. The third kappa shape index (κ3) is 3.55. The quantitative estimate of drug-likeness (QED) is 0.679. The molecule has 17 heavy (non-hydrogen) atoms. The van der Waals surface area contributed by atoms with Gasteiger partial charge in [-0.1, -0.05) is 26.7 Å². The van der Waals surface area contributed by atoms with Crippen LogP contribution >= 0.6 is 0 Å². The Kier molecular flexibility index (Phi) is 5.67. The van der Waals surface area contributed by atoms with E-state index < -0.39 is 0 Å². The van der Waals surface area contributed by atoms with Gasteiger partial charge in [-0.15, -0.1) is 0 Å². The smallest absolute Gasteiger partial charge is 0.188 e. The number of hydrogen-bond acceptors (Lipinski definition) is 3. The van der Waals surface area contributed by atoms with Crippen LogP contribution in [-0.2, 0) is 0 Å². The fourth-order valence-electron chi connectivity index (χ4n) is 2.04. The van der Waals surface area contributed by atoms with Gasteiger partial charge < -0.3 is 4.74 Å². The molecule has 0 saturated carbocycles. The van der Waals surface area contributed by atoms with Crippen LogP contribution in [0.1, 0.15) is 50.0 Å². The van der Waals surface area contributed by atoms with Crippen LogP contribution in [0.5, 0.6) is 5.75 Å². The summed E-state index contributed by atoms with van der Waals surface area (Å²) in [6, 6.07) is 3.57. The first-order chi connectivity index (χ1) is 8.24. The lowest BCUT2D eigenvalue weighted by Gasteiger charge is -2.14. The van der Waals surface area contributed by atoms with E-state index in [0.29, 0.717) is 11.4 Å². The van der Waals surface area contributed by atoms with E-state index >= 15 is 0 Å². The second-order valence-electron chi connectivity index (χ2n) is 4.19. The lowest BCUT2D eigenvalue weighted by molar-refractivity contribution is 0.0896. The van der Waals surface area contributed by atoms with E-state index in [2.05, 4.69) is 18.8 Å². The Morgan fingerprint density at radius 2 is 2.00 bits per heavy atom. The van der Waals surface area contributed by atoms with Crippen LogP contribution in [0.4, 0.5) is 0 Å². The van der Waals surface area contributed by atoms with E-state index in [1.807, 2.05) is 0 Å². The number of ether oxygens (including phenoxy) is 1. The molecule has 0 saturated heterocycles. The Hall–Kier alpha value is -1.38. The summed E-state index contributed by atoms with van der Waals surface area (Å²) in [5, 5.41) is 0. The van der Waals surface area contributed by atoms with Crippen molar-refractivity contribution in [3.8, 4) is 5.75 Å². The summed E-state index contributed by atoms with van der Waals surface area (Å²) < 4.78 is 5.19. The van der Waals surface area contributed by atoms with Gasteiger partial charge in [0.2, 0.25) is 0 Å². The number of carbonyl (C=O) groups excluding carboxylic acids is 1. The van der Waals surface area contributed by atoms with Crippen LogP contribution in [-0.4, -0.2) is 17.9 Å². The summed E-state index contributed by atoms with van der Waals surface area (Å²) in [5.74, 6) is 0.773. The van der Waals surface area contributed by atoms with Gasteiger partial charge in [0.15, 0.2) is 5.78 Å². The van der Waals surface area contributed by atoms with Crippen molar-refractivity contribution in [1.29, 1.82) is 0 Å². The highest BCUT2D eigenvalue weighted by molar-refractivity contribution is 5.98. The predicted molar refractivity (Wildman–Crippen MR) is 68.4 cm³/mol. The maximum absolute atomic E-state index is 12.4. The first kappa shape index (κ1) is 13.7. The molecule has 0 spiro atoms. The summed E-state index contributed by atoms with van der Waals surface area (Å²) in [5.41, 5.74) is 0.474. The number of methoxy groups -OCH3 is 1. The average molecular weight is 235 g/mol. The molecular weight excluding hydrogens is 214 g/mol. The molecular formula is C14H21NO2. The number of aromatic nitrogens is 1. The van der Waals surface area contributed by atoms with Crippen molar-refractivity contribution in [2.45, 2.75) is 39.5 Å². The number of Topliss-reactive ketones (excluding diaryl/α,β-unsaturated/α-hetero) is 1. The van der Waals surface area contributed by atoms with Crippen molar-refractivity contribution in [3.63, 3.8) is 0 Å². The van der Waals surface area contributed by atoms with Crippen LogP contribution in [0.2, 0.25) is 0 Å². The van der Waals surface area contributed by atoms with Crippen molar-refractivity contribution < 1.29 is 9.53 Å². The normalized spacial score (nSPS) is 10.6. The van der Waals surface area contributed by atoms with Gasteiger partial charge in [0.05, 0.1) is 7.11 Å². The predicted octanol–water partition coefficient (Wildman–Crippen LogP) is 3.49. The molecule has 1 heterocycles. The lowest BCUT2D eigenvalue weighted by atomic mass is 9.91. The molecule has 1 rings (SSSR count). The molecule has 0 amide bonds. The molecule has 0 aromatic carbocycles. The number of pyridine rings is 1. The van der Waals surface area contributed by atoms with E-state index in [1.165, 1.54) is 0 Å². The van der Waals surface area contributed by atoms with Gasteiger partial charge in [0.25, 0.3) is 0 Å². The molecule has 94 valence electrons. The van der Waals surface area contributed by atoms with E-state index in [1.54, 1.807) is 25.4 Å². The van der Waals surface area contributed by atoms with Gasteiger partial charge in [-0.2, -0.15) is 0 Å². The summed E-state index contributed by atoms with van der Waals surface area (Å²) in [7, 11) is 1.57. The summed E-state index contributed by atoms with van der Waals surface area (Å²) >= 11 is 0. The minimum atomic E-state index is 0.0776. The van der Waals surface area contributed by atoms with Gasteiger partial charge in [-0.3, -0.25) is 4.79 Å². The highest BCUT2D eigenvalue weighted by Crippen LogP contribution is 2.23. The molecule has 0 bridgehead atoms. The molecule has 1 aromatic heterocycles. The van der Waals surface area contributed by atoms with Crippen LogP contribution < -0.4 is 4.74 Å². The van der Waals surface area contributed by atoms with Crippen molar-refractivity contribution in [2.75, 3.05) is 7.11 Å². The van der Waals surface area contributed by atoms with Crippen LogP contribution in [0.15, 0.2) is 18.3 Å². The summed E-state index contributed by atoms with van der Waals surface area (Å²) in [6.07, 6.45) is 5.53. The Morgan fingerprint density at radius 3 is 2.53 bits per heavy atom. The second-order valence-corrected chi connectivity index (χ2v) is 4.19. The van der Waals surface area contributed by atoms with Gasteiger partial charge in [0.1, 0.15) is 11.4 Å². The second kappa shape index (κ2) is 7.05. The van der Waals surface area contributed by atoms with E-state index in [4.69, 9.17) is 4.74 Å². The van der Waals surface area contributed by atoms with Crippen molar-refractivity contribution in [2.24, 2.45) is 5.92 Å². The van der Waals surface area contributed by atoms with Crippen molar-refractivity contribution in [3.05, 3.63) is 24.0 Å². The lowest BCUT2D eigenvalue weighted by Crippen LogP contribution is -2.17. The first-order valence-electron chi connectivity index (χ1n) is 6.27. The molecule has 0 aliphatic heterocycles. The van der Waals surface area contributed by atoms with Crippen LogP contribution in [0.25, 0.3) is 0 Å². The molecule has 3 nitrogen and oxygen atoms in total. The molecule has 0 fully saturated rings. The number of rotatable bonds is 7. The minimum Gasteiger partial charge on any atom is -0.494 e. The zero-order chi connectivity index (χ0) is 12.7. The van der Waals surface area contributed by atoms with E-state index in [0.717, 1.165) is 25.7 Å². The van der Waals surface area contributed by atoms with Crippen LogP contribution in [0.3, 0.4) is 0 Å². The number of nitrogens with zero attached hydrogens (tertiary/aromatic N) is 1. The number of ketones is 1. The van der Waals surface area contributed by atoms with E-state index in [9.17, 15) is 4.79 Å². The topological polar surface area (TPSA) is 39.2 Å². The Labute approximate surface area is 103 Å². The molecule has 1 aromatic rings. The Bertz CT molecular complexity index is 357. The highest BCUT2D eigenvalue weighted by atomic mass is 16.5. The number of hydrogen-bond donors (Lipinski definition) is 0. The molecule has 0 unspecified atom stereocenters. The zero-order valence-electron chi connectivity index (χ0n) is 10.9.